The van der Waals surface area contributed by atoms with Crippen molar-refractivity contribution in [3.8, 4) is 0 Å². The van der Waals surface area contributed by atoms with E-state index in [1.54, 1.807) is 6.07 Å². The molecule has 0 atom stereocenters. The molecule has 2 heterocycles. The molecule has 1 N–H and O–H groups in total. The molecular weight excluding hydrogens is 258 g/mol. The molecule has 0 bridgehead atoms. The third kappa shape index (κ3) is 1.22. The van der Waals surface area contributed by atoms with E-state index in [2.05, 4.69) is 32.6 Å². The van der Waals surface area contributed by atoms with Gasteiger partial charge in [-0.05, 0) is 40.8 Å². The standard InChI is InChI=1S/C7H4FIN2/c8-5-2-1-4-3-6(9)11-7(4)10-5/h1-3H,(H,10,11). The van der Waals surface area contributed by atoms with Crippen LogP contribution in [0.4, 0.5) is 4.39 Å². The van der Waals surface area contributed by atoms with Crippen molar-refractivity contribution in [2.45, 2.75) is 0 Å². The van der Waals surface area contributed by atoms with E-state index < -0.39 is 5.95 Å². The summed E-state index contributed by atoms with van der Waals surface area (Å²) in [6, 6.07) is 4.98. The summed E-state index contributed by atoms with van der Waals surface area (Å²) >= 11 is 2.13. The number of aromatic amines is 1. The second-order valence-electron chi connectivity index (χ2n) is 2.19. The van der Waals surface area contributed by atoms with Crippen molar-refractivity contribution in [1.29, 1.82) is 0 Å². The van der Waals surface area contributed by atoms with Gasteiger partial charge in [0.15, 0.2) is 0 Å². The van der Waals surface area contributed by atoms with Crippen LogP contribution in [0.25, 0.3) is 11.0 Å². The van der Waals surface area contributed by atoms with E-state index in [-0.39, 0.29) is 0 Å². The van der Waals surface area contributed by atoms with Crippen molar-refractivity contribution in [2.75, 3.05) is 0 Å². The fourth-order valence-corrected chi connectivity index (χ4v) is 1.54. The van der Waals surface area contributed by atoms with Crippen molar-refractivity contribution in [3.63, 3.8) is 0 Å². The van der Waals surface area contributed by atoms with E-state index in [1.807, 2.05) is 6.07 Å². The number of H-pyrrole nitrogens is 1. The van der Waals surface area contributed by atoms with Crippen molar-refractivity contribution < 1.29 is 4.39 Å². The molecular formula is C7H4FIN2. The van der Waals surface area contributed by atoms with Gasteiger partial charge in [-0.3, -0.25) is 0 Å². The minimum atomic E-state index is -0.448. The molecule has 2 rings (SSSR count). The summed E-state index contributed by atoms with van der Waals surface area (Å²) in [6.07, 6.45) is 0. The normalized spacial score (nSPS) is 10.7. The summed E-state index contributed by atoms with van der Waals surface area (Å²) < 4.78 is 13.5. The molecule has 4 heteroatoms. The molecule has 0 saturated heterocycles. The Bertz CT molecular complexity index is 396. The molecule has 0 spiro atoms. The highest BCUT2D eigenvalue weighted by atomic mass is 127. The van der Waals surface area contributed by atoms with Gasteiger partial charge in [-0.15, -0.1) is 0 Å². The maximum absolute atomic E-state index is 12.5. The van der Waals surface area contributed by atoms with Gasteiger partial charge < -0.3 is 4.98 Å². The molecule has 0 radical (unpaired) electrons. The van der Waals surface area contributed by atoms with E-state index in [0.717, 1.165) is 9.09 Å². The Labute approximate surface area is 76.0 Å². The minimum absolute atomic E-state index is 0.448. The maximum atomic E-state index is 12.5. The van der Waals surface area contributed by atoms with Gasteiger partial charge in [0.1, 0.15) is 5.65 Å². The lowest BCUT2D eigenvalue weighted by Gasteiger charge is -1.86. The summed E-state index contributed by atoms with van der Waals surface area (Å²) in [5.74, 6) is -0.448. The first-order valence-corrected chi connectivity index (χ1v) is 4.14. The number of nitrogens with one attached hydrogen (secondary N) is 1. The smallest absolute Gasteiger partial charge is 0.214 e. The van der Waals surface area contributed by atoms with Crippen molar-refractivity contribution in [1.82, 2.24) is 9.97 Å². The molecule has 0 amide bonds. The fourth-order valence-electron chi connectivity index (χ4n) is 0.948. The zero-order valence-electron chi connectivity index (χ0n) is 5.44. The zero-order chi connectivity index (χ0) is 7.84. The van der Waals surface area contributed by atoms with Crippen LogP contribution < -0.4 is 0 Å². The second kappa shape index (κ2) is 2.44. The molecule has 11 heavy (non-hydrogen) atoms. The van der Waals surface area contributed by atoms with Crippen LogP contribution in [0.2, 0.25) is 0 Å². The quantitative estimate of drug-likeness (QED) is 0.572. The number of pyridine rings is 1. The summed E-state index contributed by atoms with van der Waals surface area (Å²) in [7, 11) is 0. The van der Waals surface area contributed by atoms with Crippen LogP contribution in [0.1, 0.15) is 0 Å². The van der Waals surface area contributed by atoms with Crippen LogP contribution >= 0.6 is 22.6 Å². The Morgan fingerprint density at radius 1 is 1.45 bits per heavy atom. The minimum Gasteiger partial charge on any atom is -0.335 e. The van der Waals surface area contributed by atoms with E-state index in [1.165, 1.54) is 6.07 Å². The average molecular weight is 262 g/mol. The molecule has 2 nitrogen and oxygen atoms in total. The third-order valence-electron chi connectivity index (χ3n) is 1.41. The van der Waals surface area contributed by atoms with Gasteiger partial charge in [-0.2, -0.15) is 4.39 Å². The summed E-state index contributed by atoms with van der Waals surface area (Å²) in [6.45, 7) is 0. The number of aromatic nitrogens is 2. The van der Waals surface area contributed by atoms with E-state index in [0.29, 0.717) is 5.65 Å². The first kappa shape index (κ1) is 7.02. The van der Waals surface area contributed by atoms with Crippen LogP contribution in [0.5, 0.6) is 0 Å². The van der Waals surface area contributed by atoms with Crippen LogP contribution in [0.3, 0.4) is 0 Å². The Kier molecular flexibility index (Phi) is 1.56. The van der Waals surface area contributed by atoms with Crippen molar-refractivity contribution in [3.05, 3.63) is 27.8 Å². The number of hydrogen-bond acceptors (Lipinski definition) is 1. The van der Waals surface area contributed by atoms with Gasteiger partial charge >= 0.3 is 0 Å². The van der Waals surface area contributed by atoms with E-state index >= 15 is 0 Å². The molecule has 56 valence electrons. The zero-order valence-corrected chi connectivity index (χ0v) is 7.59. The van der Waals surface area contributed by atoms with Crippen LogP contribution in [0.15, 0.2) is 18.2 Å². The number of halogens is 2. The largest absolute Gasteiger partial charge is 0.335 e. The van der Waals surface area contributed by atoms with Gasteiger partial charge in [0.25, 0.3) is 0 Å². The summed E-state index contributed by atoms with van der Waals surface area (Å²) in [4.78, 5) is 6.60. The number of fused-ring (bicyclic) bond motifs is 1. The van der Waals surface area contributed by atoms with Gasteiger partial charge in [0.05, 0.1) is 3.70 Å². The lowest BCUT2D eigenvalue weighted by atomic mass is 10.3. The molecule has 0 aromatic carbocycles. The van der Waals surface area contributed by atoms with Gasteiger partial charge in [0, 0.05) is 5.39 Å². The predicted molar refractivity (Wildman–Crippen MR) is 48.8 cm³/mol. The molecule has 0 aliphatic heterocycles. The molecule has 0 unspecified atom stereocenters. The Hall–Kier alpha value is -0.650. The molecule has 2 aromatic rings. The van der Waals surface area contributed by atoms with Crippen molar-refractivity contribution in [2.24, 2.45) is 0 Å². The highest BCUT2D eigenvalue weighted by molar-refractivity contribution is 14.1. The van der Waals surface area contributed by atoms with E-state index in [9.17, 15) is 4.39 Å². The Morgan fingerprint density at radius 2 is 2.27 bits per heavy atom. The van der Waals surface area contributed by atoms with Crippen molar-refractivity contribution >= 4 is 33.6 Å². The summed E-state index contributed by atoms with van der Waals surface area (Å²) in [5, 5.41) is 0.941. The second-order valence-corrected chi connectivity index (χ2v) is 3.35. The molecule has 0 aliphatic carbocycles. The van der Waals surface area contributed by atoms with Gasteiger partial charge in [-0.1, -0.05) is 0 Å². The number of hydrogen-bond donors (Lipinski definition) is 1. The number of rotatable bonds is 0. The Balaban J connectivity index is 2.82. The third-order valence-corrected chi connectivity index (χ3v) is 1.99. The highest BCUT2D eigenvalue weighted by Crippen LogP contribution is 2.14. The van der Waals surface area contributed by atoms with Gasteiger partial charge in [0.2, 0.25) is 5.95 Å². The first-order chi connectivity index (χ1) is 5.25. The van der Waals surface area contributed by atoms with E-state index in [4.69, 9.17) is 0 Å². The molecule has 0 fully saturated rings. The predicted octanol–water partition coefficient (Wildman–Crippen LogP) is 2.31. The van der Waals surface area contributed by atoms with Gasteiger partial charge in [-0.25, -0.2) is 4.98 Å². The lowest BCUT2D eigenvalue weighted by Crippen LogP contribution is -1.81. The molecule has 2 aromatic heterocycles. The topological polar surface area (TPSA) is 28.7 Å². The van der Waals surface area contributed by atoms with Crippen LogP contribution in [-0.2, 0) is 0 Å². The monoisotopic (exact) mass is 262 g/mol. The molecule has 0 aliphatic rings. The van der Waals surface area contributed by atoms with Crippen LogP contribution in [-0.4, -0.2) is 9.97 Å². The SMILES string of the molecule is Fc1ccc2cc(I)[nH]c2n1. The highest BCUT2D eigenvalue weighted by Gasteiger charge is 1.99. The average Bonchev–Trinajstić information content (AvgIpc) is 2.27. The Morgan fingerprint density at radius 3 is 3.09 bits per heavy atom. The number of nitrogens with zero attached hydrogens (tertiary/aromatic N) is 1. The summed E-state index contributed by atoms with van der Waals surface area (Å²) in [5.41, 5.74) is 0.606. The molecule has 0 saturated carbocycles. The first-order valence-electron chi connectivity index (χ1n) is 3.06. The van der Waals surface area contributed by atoms with Crippen LogP contribution in [0, 0.1) is 9.65 Å². The lowest BCUT2D eigenvalue weighted by molar-refractivity contribution is 0.588. The fraction of sp³-hybridized carbons (Fsp3) is 0. The maximum Gasteiger partial charge on any atom is 0.214 e.